The van der Waals surface area contributed by atoms with Crippen molar-refractivity contribution >= 4 is 26.0 Å². The quantitative estimate of drug-likeness (QED) is 0.594. The zero-order valence-corrected chi connectivity index (χ0v) is 16.5. The van der Waals surface area contributed by atoms with Crippen LogP contribution in [0.1, 0.15) is 24.8 Å². The summed E-state index contributed by atoms with van der Waals surface area (Å²) in [5.74, 6) is 0.182. The summed E-state index contributed by atoms with van der Waals surface area (Å²) in [5.41, 5.74) is 0.601. The summed E-state index contributed by atoms with van der Waals surface area (Å²) in [4.78, 5) is 4.56. The summed E-state index contributed by atoms with van der Waals surface area (Å²) in [7, 11) is -3.72. The second kappa shape index (κ2) is 7.14. The van der Waals surface area contributed by atoms with Crippen LogP contribution >= 0.6 is 15.9 Å². The molecule has 0 saturated carbocycles. The standard InChI is InChI=1S/C18H15BrFN3O3S/c19-14-4-1-2-6-16(14)27(24,25)23-11-3-5-15(23)18-21-17(22-26-18)12-7-9-13(20)10-8-12/h1-2,4,6-10,15H,3,5,11H2/t15-/m1/s1. The van der Waals surface area contributed by atoms with Crippen LogP contribution in [0.4, 0.5) is 4.39 Å². The maximum absolute atomic E-state index is 13.1. The van der Waals surface area contributed by atoms with Crippen LogP contribution in [0, 0.1) is 5.82 Å². The maximum atomic E-state index is 13.1. The lowest BCUT2D eigenvalue weighted by Gasteiger charge is -2.21. The number of hydrogen-bond donors (Lipinski definition) is 0. The monoisotopic (exact) mass is 451 g/mol. The predicted molar refractivity (Wildman–Crippen MR) is 99.7 cm³/mol. The molecule has 9 heteroatoms. The van der Waals surface area contributed by atoms with E-state index in [1.54, 1.807) is 36.4 Å². The highest BCUT2D eigenvalue weighted by Gasteiger charge is 2.40. The zero-order chi connectivity index (χ0) is 19.0. The van der Waals surface area contributed by atoms with Crippen molar-refractivity contribution in [2.75, 3.05) is 6.54 Å². The highest BCUT2D eigenvalue weighted by molar-refractivity contribution is 9.10. The Morgan fingerprint density at radius 1 is 1.15 bits per heavy atom. The predicted octanol–water partition coefficient (Wildman–Crippen LogP) is 4.16. The lowest BCUT2D eigenvalue weighted by atomic mass is 10.2. The lowest BCUT2D eigenvalue weighted by molar-refractivity contribution is 0.290. The van der Waals surface area contributed by atoms with Crippen LogP contribution in [0.25, 0.3) is 11.4 Å². The van der Waals surface area contributed by atoms with E-state index in [0.717, 1.165) is 0 Å². The van der Waals surface area contributed by atoms with Crippen LogP contribution in [-0.2, 0) is 10.0 Å². The van der Waals surface area contributed by atoms with Crippen LogP contribution in [0.15, 0.2) is 62.4 Å². The number of halogens is 2. The SMILES string of the molecule is O=S(=O)(c1ccccc1Br)N1CCC[C@@H]1c1nc(-c2ccc(F)cc2)no1. The Kier molecular flexibility index (Phi) is 4.83. The van der Waals surface area contributed by atoms with E-state index in [2.05, 4.69) is 26.1 Å². The molecule has 1 fully saturated rings. The van der Waals surface area contributed by atoms with Gasteiger partial charge in [0.15, 0.2) is 0 Å². The fraction of sp³-hybridized carbons (Fsp3) is 0.222. The van der Waals surface area contributed by atoms with E-state index in [-0.39, 0.29) is 16.6 Å². The minimum absolute atomic E-state index is 0.204. The summed E-state index contributed by atoms with van der Waals surface area (Å²) < 4.78 is 46.6. The van der Waals surface area contributed by atoms with E-state index in [4.69, 9.17) is 4.52 Å². The first-order chi connectivity index (χ1) is 13.0. The van der Waals surface area contributed by atoms with Gasteiger partial charge in [-0.05, 0) is 65.2 Å². The van der Waals surface area contributed by atoms with Crippen molar-refractivity contribution in [1.29, 1.82) is 0 Å². The summed E-state index contributed by atoms with van der Waals surface area (Å²) in [6.45, 7) is 0.378. The fourth-order valence-electron chi connectivity index (χ4n) is 3.14. The molecule has 3 aromatic rings. The molecular weight excluding hydrogens is 437 g/mol. The molecule has 140 valence electrons. The molecule has 1 atom stereocenters. The van der Waals surface area contributed by atoms with Crippen molar-refractivity contribution in [3.05, 3.63) is 64.7 Å². The van der Waals surface area contributed by atoms with Crippen molar-refractivity contribution in [3.63, 3.8) is 0 Å². The molecule has 0 unspecified atom stereocenters. The molecule has 27 heavy (non-hydrogen) atoms. The summed E-state index contributed by atoms with van der Waals surface area (Å²) in [6, 6.07) is 11.9. The van der Waals surface area contributed by atoms with Crippen LogP contribution in [0.5, 0.6) is 0 Å². The van der Waals surface area contributed by atoms with Crippen LogP contribution in [0.2, 0.25) is 0 Å². The largest absolute Gasteiger partial charge is 0.337 e. The average Bonchev–Trinajstić information content (AvgIpc) is 3.32. The number of nitrogens with zero attached hydrogens (tertiary/aromatic N) is 3. The third-order valence-electron chi connectivity index (χ3n) is 4.46. The van der Waals surface area contributed by atoms with Crippen molar-refractivity contribution in [1.82, 2.24) is 14.4 Å². The fourth-order valence-corrected chi connectivity index (χ4v) is 5.76. The van der Waals surface area contributed by atoms with E-state index < -0.39 is 16.1 Å². The Hall–Kier alpha value is -2.10. The van der Waals surface area contributed by atoms with Crippen molar-refractivity contribution < 1.29 is 17.3 Å². The van der Waals surface area contributed by atoms with E-state index in [1.807, 2.05) is 0 Å². The van der Waals surface area contributed by atoms with Gasteiger partial charge in [0.05, 0.1) is 4.90 Å². The molecule has 2 aromatic carbocycles. The molecule has 0 aliphatic carbocycles. The van der Waals surface area contributed by atoms with E-state index >= 15 is 0 Å². The molecule has 0 N–H and O–H groups in total. The number of hydrogen-bond acceptors (Lipinski definition) is 5. The van der Waals surface area contributed by atoms with E-state index in [1.165, 1.54) is 16.4 Å². The zero-order valence-electron chi connectivity index (χ0n) is 14.0. The number of benzene rings is 2. The van der Waals surface area contributed by atoms with Gasteiger partial charge in [0.2, 0.25) is 21.7 Å². The Labute approximate surface area is 164 Å². The molecule has 2 heterocycles. The highest BCUT2D eigenvalue weighted by Crippen LogP contribution is 2.38. The Morgan fingerprint density at radius 3 is 2.63 bits per heavy atom. The van der Waals surface area contributed by atoms with Gasteiger partial charge >= 0.3 is 0 Å². The second-order valence-electron chi connectivity index (χ2n) is 6.17. The van der Waals surface area contributed by atoms with Gasteiger partial charge in [-0.3, -0.25) is 0 Å². The third-order valence-corrected chi connectivity index (χ3v) is 7.38. The van der Waals surface area contributed by atoms with Gasteiger partial charge < -0.3 is 4.52 Å². The van der Waals surface area contributed by atoms with Crippen molar-refractivity contribution in [2.24, 2.45) is 0 Å². The molecule has 0 spiro atoms. The summed E-state index contributed by atoms with van der Waals surface area (Å²) in [6.07, 6.45) is 1.29. The Morgan fingerprint density at radius 2 is 1.89 bits per heavy atom. The van der Waals surface area contributed by atoms with Gasteiger partial charge in [0.25, 0.3) is 0 Å². The number of aromatic nitrogens is 2. The molecule has 0 amide bonds. The highest BCUT2D eigenvalue weighted by atomic mass is 79.9. The van der Waals surface area contributed by atoms with Gasteiger partial charge in [-0.1, -0.05) is 17.3 Å². The van der Waals surface area contributed by atoms with Crippen molar-refractivity contribution in [2.45, 2.75) is 23.8 Å². The first-order valence-electron chi connectivity index (χ1n) is 8.33. The molecule has 1 aliphatic rings. The molecule has 1 aromatic heterocycles. The van der Waals surface area contributed by atoms with Gasteiger partial charge in [-0.15, -0.1) is 0 Å². The third kappa shape index (κ3) is 3.42. The van der Waals surface area contributed by atoms with Crippen LogP contribution < -0.4 is 0 Å². The minimum Gasteiger partial charge on any atom is -0.337 e. The van der Waals surface area contributed by atoms with Gasteiger partial charge in [-0.2, -0.15) is 9.29 Å². The second-order valence-corrected chi connectivity index (χ2v) is 8.88. The van der Waals surface area contributed by atoms with Gasteiger partial charge in [0.1, 0.15) is 11.9 Å². The van der Waals surface area contributed by atoms with Gasteiger partial charge in [0, 0.05) is 16.6 Å². The molecular formula is C18H15BrFN3O3S. The molecule has 4 rings (SSSR count). The average molecular weight is 452 g/mol. The molecule has 0 bridgehead atoms. The molecule has 1 aliphatic heterocycles. The normalized spacial score (nSPS) is 18.1. The first-order valence-corrected chi connectivity index (χ1v) is 10.6. The topological polar surface area (TPSA) is 76.3 Å². The summed E-state index contributed by atoms with van der Waals surface area (Å²) in [5, 5.41) is 3.93. The first kappa shape index (κ1) is 18.3. The Balaban J connectivity index is 1.66. The molecule has 6 nitrogen and oxygen atoms in total. The lowest BCUT2D eigenvalue weighted by Crippen LogP contribution is -2.31. The van der Waals surface area contributed by atoms with E-state index in [0.29, 0.717) is 35.2 Å². The minimum atomic E-state index is -3.72. The van der Waals surface area contributed by atoms with Crippen LogP contribution in [-0.4, -0.2) is 29.4 Å². The smallest absolute Gasteiger partial charge is 0.245 e. The maximum Gasteiger partial charge on any atom is 0.245 e. The molecule has 1 saturated heterocycles. The van der Waals surface area contributed by atoms with Gasteiger partial charge in [-0.25, -0.2) is 12.8 Å². The number of rotatable bonds is 4. The van der Waals surface area contributed by atoms with E-state index in [9.17, 15) is 12.8 Å². The van der Waals surface area contributed by atoms with Crippen LogP contribution in [0.3, 0.4) is 0 Å². The van der Waals surface area contributed by atoms with Crippen molar-refractivity contribution in [3.8, 4) is 11.4 Å². The number of sulfonamides is 1. The molecule has 0 radical (unpaired) electrons. The summed E-state index contributed by atoms with van der Waals surface area (Å²) >= 11 is 3.31. The Bertz CT molecular complexity index is 1070.